The van der Waals surface area contributed by atoms with E-state index in [2.05, 4.69) is 5.32 Å². The van der Waals surface area contributed by atoms with E-state index in [4.69, 9.17) is 5.11 Å². The Bertz CT molecular complexity index is 448. The van der Waals surface area contributed by atoms with E-state index in [9.17, 15) is 23.3 Å². The first-order valence-corrected chi connectivity index (χ1v) is 4.98. The number of nitro groups is 1. The van der Waals surface area contributed by atoms with Crippen LogP contribution in [0, 0.1) is 10.1 Å². The number of rotatable bonds is 4. The number of aliphatic hydroxyl groups excluding tert-OH is 1. The van der Waals surface area contributed by atoms with Crippen molar-refractivity contribution in [3.8, 4) is 0 Å². The molecule has 0 bridgehead atoms. The Morgan fingerprint density at radius 1 is 1.50 bits per heavy atom. The number of hydrogen-bond acceptors (Lipinski definition) is 4. The second kappa shape index (κ2) is 5.21. The first-order valence-electron chi connectivity index (χ1n) is 4.98. The molecule has 0 fully saturated rings. The van der Waals surface area contributed by atoms with Gasteiger partial charge in [-0.2, -0.15) is 13.2 Å². The van der Waals surface area contributed by atoms with E-state index in [0.29, 0.717) is 6.07 Å². The van der Waals surface area contributed by atoms with Crippen molar-refractivity contribution in [1.82, 2.24) is 0 Å². The van der Waals surface area contributed by atoms with E-state index >= 15 is 0 Å². The minimum absolute atomic E-state index is 0.0643. The van der Waals surface area contributed by atoms with Crippen LogP contribution in [0.5, 0.6) is 0 Å². The molecule has 8 heteroatoms. The van der Waals surface area contributed by atoms with Gasteiger partial charge in [0.25, 0.3) is 5.69 Å². The normalized spacial score (nSPS) is 13.2. The van der Waals surface area contributed by atoms with E-state index in [-0.39, 0.29) is 12.3 Å². The van der Waals surface area contributed by atoms with E-state index in [1.165, 1.54) is 6.07 Å². The van der Waals surface area contributed by atoms with Crippen molar-refractivity contribution in [2.45, 2.75) is 19.1 Å². The van der Waals surface area contributed by atoms with Gasteiger partial charge in [-0.25, -0.2) is 0 Å². The third-order valence-corrected chi connectivity index (χ3v) is 2.19. The molecule has 0 aliphatic carbocycles. The molecule has 5 nitrogen and oxygen atoms in total. The zero-order chi connectivity index (χ0) is 13.9. The molecule has 0 aliphatic rings. The summed E-state index contributed by atoms with van der Waals surface area (Å²) in [5, 5.41) is 21.9. The third-order valence-electron chi connectivity index (χ3n) is 2.19. The van der Waals surface area contributed by atoms with Gasteiger partial charge in [-0.3, -0.25) is 10.1 Å². The van der Waals surface area contributed by atoms with Gasteiger partial charge in [0.2, 0.25) is 0 Å². The van der Waals surface area contributed by atoms with Crippen molar-refractivity contribution in [2.24, 2.45) is 0 Å². The van der Waals surface area contributed by atoms with Gasteiger partial charge in [0.1, 0.15) is 5.56 Å². The largest absolute Gasteiger partial charge is 0.423 e. The Hall–Kier alpha value is -1.83. The summed E-state index contributed by atoms with van der Waals surface area (Å²) in [7, 11) is 0. The van der Waals surface area contributed by atoms with E-state index in [1.807, 2.05) is 0 Å². The molecule has 0 saturated carbocycles. The van der Waals surface area contributed by atoms with Crippen LogP contribution in [0.1, 0.15) is 12.5 Å². The van der Waals surface area contributed by atoms with Crippen molar-refractivity contribution in [3.05, 3.63) is 33.9 Å². The van der Waals surface area contributed by atoms with Crippen molar-refractivity contribution in [3.63, 3.8) is 0 Å². The Kier molecular flexibility index (Phi) is 4.12. The Labute approximate surface area is 100 Å². The maximum absolute atomic E-state index is 12.6. The molecule has 0 radical (unpaired) electrons. The molecule has 0 spiro atoms. The first-order chi connectivity index (χ1) is 8.25. The molecule has 1 atom stereocenters. The molecule has 0 heterocycles. The first kappa shape index (κ1) is 14.2. The Balaban J connectivity index is 3.18. The molecule has 0 aromatic heterocycles. The van der Waals surface area contributed by atoms with Gasteiger partial charge in [0.15, 0.2) is 0 Å². The molecule has 18 heavy (non-hydrogen) atoms. The molecule has 100 valence electrons. The smallest absolute Gasteiger partial charge is 0.394 e. The summed E-state index contributed by atoms with van der Waals surface area (Å²) in [6, 6.07) is 2.16. The van der Waals surface area contributed by atoms with Gasteiger partial charge in [0, 0.05) is 17.8 Å². The predicted molar refractivity (Wildman–Crippen MR) is 58.3 cm³/mol. The number of benzene rings is 1. The minimum Gasteiger partial charge on any atom is -0.394 e. The van der Waals surface area contributed by atoms with E-state index < -0.39 is 28.4 Å². The van der Waals surface area contributed by atoms with Crippen LogP contribution in [0.4, 0.5) is 24.5 Å². The maximum atomic E-state index is 12.6. The van der Waals surface area contributed by atoms with E-state index in [1.54, 1.807) is 6.92 Å². The lowest BCUT2D eigenvalue weighted by Crippen LogP contribution is -2.20. The highest BCUT2D eigenvalue weighted by atomic mass is 19.4. The molecule has 1 unspecified atom stereocenters. The van der Waals surface area contributed by atoms with Crippen LogP contribution in [0.2, 0.25) is 0 Å². The minimum atomic E-state index is -4.80. The summed E-state index contributed by atoms with van der Waals surface area (Å²) in [4.78, 5) is 9.42. The average Bonchev–Trinajstić information content (AvgIpc) is 2.27. The van der Waals surface area contributed by atoms with Crippen molar-refractivity contribution in [2.75, 3.05) is 11.9 Å². The summed E-state index contributed by atoms with van der Waals surface area (Å²) < 4.78 is 37.9. The number of halogens is 3. The zero-order valence-corrected chi connectivity index (χ0v) is 9.36. The van der Waals surface area contributed by atoms with Crippen molar-refractivity contribution in [1.29, 1.82) is 0 Å². The molecule has 0 saturated heterocycles. The lowest BCUT2D eigenvalue weighted by atomic mass is 10.1. The van der Waals surface area contributed by atoms with Crippen LogP contribution >= 0.6 is 0 Å². The fraction of sp³-hybridized carbons (Fsp3) is 0.400. The molecule has 2 N–H and O–H groups in total. The molecule has 1 rings (SSSR count). The summed E-state index contributed by atoms with van der Waals surface area (Å²) in [5.41, 5.74) is -2.25. The summed E-state index contributed by atoms with van der Waals surface area (Å²) in [5.74, 6) is 0. The number of aliphatic hydroxyl groups is 1. The number of nitrogens with zero attached hydrogens (tertiary/aromatic N) is 1. The van der Waals surface area contributed by atoms with Crippen LogP contribution in [-0.2, 0) is 6.18 Å². The lowest BCUT2D eigenvalue weighted by molar-refractivity contribution is -0.388. The quantitative estimate of drug-likeness (QED) is 0.646. The fourth-order valence-electron chi connectivity index (χ4n) is 1.34. The number of alkyl halides is 3. The molecule has 1 aromatic carbocycles. The van der Waals surface area contributed by atoms with E-state index in [0.717, 1.165) is 6.07 Å². The highest BCUT2D eigenvalue weighted by Gasteiger charge is 2.38. The van der Waals surface area contributed by atoms with Crippen LogP contribution in [0.3, 0.4) is 0 Å². The zero-order valence-electron chi connectivity index (χ0n) is 9.36. The molecular weight excluding hydrogens is 253 g/mol. The average molecular weight is 264 g/mol. The summed E-state index contributed by atoms with van der Waals surface area (Å²) >= 11 is 0. The Morgan fingerprint density at radius 3 is 2.56 bits per heavy atom. The van der Waals surface area contributed by atoms with Gasteiger partial charge >= 0.3 is 6.18 Å². The van der Waals surface area contributed by atoms with Crippen LogP contribution in [0.25, 0.3) is 0 Å². The molecule has 0 amide bonds. The lowest BCUT2D eigenvalue weighted by Gasteiger charge is -2.14. The number of nitro benzene ring substituents is 1. The molecular formula is C10H11F3N2O3. The highest BCUT2D eigenvalue weighted by Crippen LogP contribution is 2.37. The van der Waals surface area contributed by atoms with Crippen LogP contribution < -0.4 is 5.32 Å². The monoisotopic (exact) mass is 264 g/mol. The number of anilines is 1. The standard InChI is InChI=1S/C10H11F3N2O3/c1-6(5-16)14-7-2-3-9(15(17)18)8(4-7)10(11,12)13/h2-4,6,14,16H,5H2,1H3. The van der Waals surface area contributed by atoms with Crippen LogP contribution in [0.15, 0.2) is 18.2 Å². The van der Waals surface area contributed by atoms with Gasteiger partial charge in [0.05, 0.1) is 11.5 Å². The third kappa shape index (κ3) is 3.33. The second-order valence-corrected chi connectivity index (χ2v) is 3.71. The SMILES string of the molecule is CC(CO)Nc1ccc([N+](=O)[O-])c(C(F)(F)F)c1. The highest BCUT2D eigenvalue weighted by molar-refractivity contribution is 5.55. The van der Waals surface area contributed by atoms with Gasteiger partial charge < -0.3 is 10.4 Å². The molecule has 1 aromatic rings. The van der Waals surface area contributed by atoms with Gasteiger partial charge in [-0.05, 0) is 19.1 Å². The van der Waals surface area contributed by atoms with Gasteiger partial charge in [-0.1, -0.05) is 0 Å². The fourth-order valence-corrected chi connectivity index (χ4v) is 1.34. The predicted octanol–water partition coefficient (Wildman–Crippen LogP) is 2.41. The summed E-state index contributed by atoms with van der Waals surface area (Å²) in [6.07, 6.45) is -4.80. The number of nitrogens with one attached hydrogen (secondary N) is 1. The summed E-state index contributed by atoms with van der Waals surface area (Å²) in [6.45, 7) is 1.30. The Morgan fingerprint density at radius 2 is 2.11 bits per heavy atom. The number of hydrogen-bond donors (Lipinski definition) is 2. The second-order valence-electron chi connectivity index (χ2n) is 3.71. The maximum Gasteiger partial charge on any atom is 0.423 e. The van der Waals surface area contributed by atoms with Gasteiger partial charge in [-0.15, -0.1) is 0 Å². The molecule has 0 aliphatic heterocycles. The van der Waals surface area contributed by atoms with Crippen molar-refractivity contribution < 1.29 is 23.2 Å². The van der Waals surface area contributed by atoms with Crippen molar-refractivity contribution >= 4 is 11.4 Å². The van der Waals surface area contributed by atoms with Crippen LogP contribution in [-0.4, -0.2) is 22.7 Å². The topological polar surface area (TPSA) is 75.4 Å².